The predicted molar refractivity (Wildman–Crippen MR) is 144 cm³/mol. The Morgan fingerprint density at radius 2 is 1.07 bits per heavy atom. The summed E-state index contributed by atoms with van der Waals surface area (Å²) in [5, 5.41) is 0. The molecule has 2 aliphatic heterocycles. The third-order valence-electron chi connectivity index (χ3n) is 5.91. The second-order valence-corrected chi connectivity index (χ2v) is 9.14. The van der Waals surface area contributed by atoms with Gasteiger partial charge in [-0.15, -0.1) is 0 Å². The normalized spacial score (nSPS) is 16.1. The molecular weight excluding hydrogens is 588 g/mol. The highest BCUT2D eigenvalue weighted by Crippen LogP contribution is 2.33. The van der Waals surface area contributed by atoms with Crippen LogP contribution in [0.2, 0.25) is 0 Å². The number of carbonyl (C=O) groups is 5. The Morgan fingerprint density at radius 1 is 0.659 bits per heavy atom. The standard InChI is InChI=1S/C29H30O15/c1-35-28(33)43-21-13-17(37-9-3-11-39-26(31)23-15-41-23)5-7-19(21)25(30)20-8-6-18(14-22(20)44-29(34)36-2)38-10-4-12-40-27(32)24-16-42-24/h5-8,13-14,23-24H,3-4,9-12,15-16H2,1-2H3. The number of ether oxygens (including phenoxy) is 10. The molecule has 0 spiro atoms. The van der Waals surface area contributed by atoms with Crippen LogP contribution in [0, 0.1) is 0 Å². The average Bonchev–Trinajstić information content (AvgIpc) is 3.94. The molecule has 0 N–H and O–H groups in total. The molecular formula is C29H30O15. The Hall–Kier alpha value is -4.89. The van der Waals surface area contributed by atoms with E-state index >= 15 is 0 Å². The third kappa shape index (κ3) is 9.57. The van der Waals surface area contributed by atoms with Crippen LogP contribution in [0.25, 0.3) is 0 Å². The predicted octanol–water partition coefficient (Wildman–Crippen LogP) is 2.63. The van der Waals surface area contributed by atoms with Gasteiger partial charge in [0.1, 0.15) is 23.0 Å². The molecule has 2 unspecified atom stereocenters. The van der Waals surface area contributed by atoms with Gasteiger partial charge in [-0.25, -0.2) is 19.2 Å². The van der Waals surface area contributed by atoms with Crippen LogP contribution in [0.15, 0.2) is 36.4 Å². The lowest BCUT2D eigenvalue weighted by Gasteiger charge is -2.14. The van der Waals surface area contributed by atoms with E-state index < -0.39 is 42.2 Å². The first-order chi connectivity index (χ1) is 21.3. The van der Waals surface area contributed by atoms with Gasteiger partial charge >= 0.3 is 24.2 Å². The molecule has 0 saturated carbocycles. The van der Waals surface area contributed by atoms with E-state index in [2.05, 4.69) is 9.47 Å². The lowest BCUT2D eigenvalue weighted by molar-refractivity contribution is -0.146. The monoisotopic (exact) mass is 618 g/mol. The molecule has 0 bridgehead atoms. The van der Waals surface area contributed by atoms with E-state index in [1.807, 2.05) is 0 Å². The molecule has 0 radical (unpaired) electrons. The summed E-state index contributed by atoms with van der Waals surface area (Å²) >= 11 is 0. The fraction of sp³-hybridized carbons (Fsp3) is 0.414. The molecule has 2 saturated heterocycles. The highest BCUT2D eigenvalue weighted by Gasteiger charge is 2.33. The Kier molecular flexibility index (Phi) is 11.3. The first-order valence-electron chi connectivity index (χ1n) is 13.5. The van der Waals surface area contributed by atoms with Crippen molar-refractivity contribution >= 4 is 30.0 Å². The van der Waals surface area contributed by atoms with Crippen LogP contribution in [0.1, 0.15) is 28.8 Å². The number of hydrogen-bond donors (Lipinski definition) is 0. The van der Waals surface area contributed by atoms with Gasteiger partial charge in [-0.1, -0.05) is 0 Å². The van der Waals surface area contributed by atoms with Gasteiger partial charge in [0.25, 0.3) is 0 Å². The Balaban J connectivity index is 1.43. The van der Waals surface area contributed by atoms with Gasteiger partial charge in [0.05, 0.1) is 65.0 Å². The van der Waals surface area contributed by atoms with Gasteiger partial charge in [-0.05, 0) is 24.3 Å². The number of carbonyl (C=O) groups excluding carboxylic acids is 5. The molecule has 15 nitrogen and oxygen atoms in total. The molecule has 2 aromatic rings. The summed E-state index contributed by atoms with van der Waals surface area (Å²) < 4.78 is 50.6. The maximum Gasteiger partial charge on any atom is 0.513 e. The minimum absolute atomic E-state index is 0.0778. The van der Waals surface area contributed by atoms with Crippen LogP contribution >= 0.6 is 0 Å². The molecule has 0 aliphatic carbocycles. The summed E-state index contributed by atoms with van der Waals surface area (Å²) in [6.45, 7) is 1.25. The van der Waals surface area contributed by atoms with Crippen molar-refractivity contribution in [2.45, 2.75) is 25.0 Å². The van der Waals surface area contributed by atoms with E-state index in [-0.39, 0.29) is 60.6 Å². The molecule has 4 rings (SSSR count). The fourth-order valence-electron chi connectivity index (χ4n) is 3.53. The van der Waals surface area contributed by atoms with Gasteiger partial charge in [-0.3, -0.25) is 4.79 Å². The van der Waals surface area contributed by atoms with Crippen LogP contribution in [0.3, 0.4) is 0 Å². The molecule has 2 aromatic carbocycles. The zero-order valence-electron chi connectivity index (χ0n) is 23.9. The van der Waals surface area contributed by atoms with Gasteiger partial charge in [0.2, 0.25) is 5.78 Å². The maximum atomic E-state index is 13.6. The van der Waals surface area contributed by atoms with E-state index in [9.17, 15) is 24.0 Å². The van der Waals surface area contributed by atoms with Gasteiger partial charge < -0.3 is 47.4 Å². The van der Waals surface area contributed by atoms with Crippen LogP contribution in [-0.4, -0.2) is 96.1 Å². The summed E-state index contributed by atoms with van der Waals surface area (Å²) in [5.74, 6) is -1.41. The van der Waals surface area contributed by atoms with Crippen molar-refractivity contribution in [2.75, 3.05) is 53.9 Å². The SMILES string of the molecule is COC(=O)Oc1cc(OCCCOC(=O)C2CO2)ccc1C(=O)c1ccc(OCCCOC(=O)C2CO2)cc1OC(=O)OC. The summed E-state index contributed by atoms with van der Waals surface area (Å²) in [6, 6.07) is 8.30. The minimum Gasteiger partial charge on any atom is -0.493 e. The number of methoxy groups -OCH3 is 2. The number of hydrogen-bond acceptors (Lipinski definition) is 15. The Labute approximate surface area is 251 Å². The lowest BCUT2D eigenvalue weighted by Crippen LogP contribution is -2.15. The zero-order chi connectivity index (χ0) is 31.5. The largest absolute Gasteiger partial charge is 0.513 e. The van der Waals surface area contributed by atoms with Crippen molar-refractivity contribution in [1.29, 1.82) is 0 Å². The van der Waals surface area contributed by atoms with Crippen LogP contribution in [0.4, 0.5) is 9.59 Å². The second kappa shape index (κ2) is 15.5. The number of epoxide rings is 2. The second-order valence-electron chi connectivity index (χ2n) is 9.14. The van der Waals surface area contributed by atoms with Crippen molar-refractivity contribution < 1.29 is 71.3 Å². The smallest absolute Gasteiger partial charge is 0.493 e. The van der Waals surface area contributed by atoms with Crippen LogP contribution < -0.4 is 18.9 Å². The van der Waals surface area contributed by atoms with Gasteiger partial charge in [0.15, 0.2) is 12.2 Å². The summed E-state index contributed by atoms with van der Waals surface area (Å²) in [4.78, 5) is 60.6. The quantitative estimate of drug-likeness (QED) is 0.0667. The number of ketones is 1. The topological polar surface area (TPSA) is 184 Å². The van der Waals surface area contributed by atoms with E-state index in [1.165, 1.54) is 36.4 Å². The van der Waals surface area contributed by atoms with Crippen LogP contribution in [-0.2, 0) is 38.0 Å². The van der Waals surface area contributed by atoms with Crippen molar-refractivity contribution in [3.63, 3.8) is 0 Å². The van der Waals surface area contributed by atoms with E-state index in [1.54, 1.807) is 0 Å². The molecule has 2 atom stereocenters. The highest BCUT2D eigenvalue weighted by atomic mass is 16.7. The number of esters is 2. The van der Waals surface area contributed by atoms with E-state index in [4.69, 9.17) is 37.9 Å². The molecule has 0 amide bonds. The van der Waals surface area contributed by atoms with Crippen molar-refractivity contribution in [2.24, 2.45) is 0 Å². The highest BCUT2D eigenvalue weighted by molar-refractivity contribution is 6.13. The summed E-state index contributed by atoms with van der Waals surface area (Å²) in [6.07, 6.45) is -2.42. The minimum atomic E-state index is -1.09. The molecule has 2 fully saturated rings. The van der Waals surface area contributed by atoms with Gasteiger partial charge in [-0.2, -0.15) is 0 Å². The summed E-state index contributed by atoms with van der Waals surface area (Å²) in [7, 11) is 2.20. The molecule has 15 heteroatoms. The lowest BCUT2D eigenvalue weighted by atomic mass is 10.0. The molecule has 0 aromatic heterocycles. The fourth-order valence-corrected chi connectivity index (χ4v) is 3.53. The Morgan fingerprint density at radius 3 is 1.43 bits per heavy atom. The van der Waals surface area contributed by atoms with Crippen molar-refractivity contribution in [3.8, 4) is 23.0 Å². The van der Waals surface area contributed by atoms with Crippen molar-refractivity contribution in [1.82, 2.24) is 0 Å². The first kappa shape index (κ1) is 32.0. The number of benzene rings is 2. The zero-order valence-corrected chi connectivity index (χ0v) is 23.9. The van der Waals surface area contributed by atoms with Crippen LogP contribution in [0.5, 0.6) is 23.0 Å². The molecule has 236 valence electrons. The average molecular weight is 619 g/mol. The molecule has 44 heavy (non-hydrogen) atoms. The van der Waals surface area contributed by atoms with Gasteiger partial charge in [0, 0.05) is 25.0 Å². The number of rotatable bonds is 16. The Bertz CT molecular complexity index is 1260. The first-order valence-corrected chi connectivity index (χ1v) is 13.5. The van der Waals surface area contributed by atoms with E-state index in [0.717, 1.165) is 14.2 Å². The molecule has 2 heterocycles. The third-order valence-corrected chi connectivity index (χ3v) is 5.91. The van der Waals surface area contributed by atoms with Crippen molar-refractivity contribution in [3.05, 3.63) is 47.5 Å². The maximum absolute atomic E-state index is 13.6. The van der Waals surface area contributed by atoms with E-state index in [0.29, 0.717) is 26.1 Å². The molecule has 2 aliphatic rings. The summed E-state index contributed by atoms with van der Waals surface area (Å²) in [5.41, 5.74) is -0.156.